The largest absolute Gasteiger partial charge is 0.311 e. The highest BCUT2D eigenvalue weighted by Crippen LogP contribution is 2.47. The van der Waals surface area contributed by atoms with Gasteiger partial charge in [0.25, 0.3) is 0 Å². The third-order valence-electron chi connectivity index (χ3n) is 2.84. The average Bonchev–Trinajstić information content (AvgIpc) is 3.00. The van der Waals surface area contributed by atoms with E-state index in [0.717, 1.165) is 18.8 Å². The van der Waals surface area contributed by atoms with Crippen molar-refractivity contribution in [1.29, 1.82) is 5.26 Å². The van der Waals surface area contributed by atoms with Gasteiger partial charge in [-0.3, -0.25) is 0 Å². The van der Waals surface area contributed by atoms with E-state index >= 15 is 0 Å². The van der Waals surface area contributed by atoms with Crippen LogP contribution in [-0.2, 0) is 6.54 Å². The molecule has 4 nitrogen and oxygen atoms in total. The van der Waals surface area contributed by atoms with Gasteiger partial charge >= 0.3 is 0 Å². The average molecular weight is 202 g/mol. The first kappa shape index (κ1) is 10.1. The molecule has 1 N–H and O–H groups in total. The summed E-state index contributed by atoms with van der Waals surface area (Å²) in [6.45, 7) is 1.65. The van der Waals surface area contributed by atoms with Gasteiger partial charge in [-0.15, -0.1) is 0 Å². The molecule has 15 heavy (non-hydrogen) atoms. The molecule has 2 rings (SSSR count). The molecule has 0 atom stereocenters. The van der Waals surface area contributed by atoms with E-state index in [2.05, 4.69) is 21.6 Å². The molecule has 1 aromatic rings. The molecule has 1 fully saturated rings. The maximum Gasteiger partial charge on any atom is 0.0768 e. The van der Waals surface area contributed by atoms with Crippen LogP contribution in [0.4, 0.5) is 0 Å². The van der Waals surface area contributed by atoms with Gasteiger partial charge in [-0.2, -0.15) is 15.5 Å². The Kier molecular flexibility index (Phi) is 2.93. The third-order valence-corrected chi connectivity index (χ3v) is 2.84. The van der Waals surface area contributed by atoms with Crippen LogP contribution in [0.5, 0.6) is 0 Å². The maximum absolute atomic E-state index is 8.66. The molecule has 78 valence electrons. The first-order chi connectivity index (χ1) is 7.35. The monoisotopic (exact) mass is 202 g/mol. The Bertz CT molecular complexity index is 351. The van der Waals surface area contributed by atoms with Gasteiger partial charge in [-0.05, 0) is 30.4 Å². The van der Waals surface area contributed by atoms with Crippen LogP contribution in [-0.4, -0.2) is 16.7 Å². The minimum atomic E-state index is 0.261. The van der Waals surface area contributed by atoms with Crippen LogP contribution in [0.2, 0.25) is 0 Å². The van der Waals surface area contributed by atoms with Gasteiger partial charge in [0, 0.05) is 25.7 Å². The molecule has 1 heterocycles. The molecule has 0 aromatic carbocycles. The highest BCUT2D eigenvalue weighted by Gasteiger charge is 2.41. The van der Waals surface area contributed by atoms with Crippen LogP contribution < -0.4 is 5.32 Å². The number of rotatable bonds is 5. The van der Waals surface area contributed by atoms with Gasteiger partial charge in [0.2, 0.25) is 0 Å². The van der Waals surface area contributed by atoms with Crippen molar-refractivity contribution in [2.75, 3.05) is 6.54 Å². The molecule has 1 aliphatic rings. The van der Waals surface area contributed by atoms with E-state index < -0.39 is 0 Å². The zero-order chi connectivity index (χ0) is 10.6. The summed E-state index contributed by atoms with van der Waals surface area (Å²) in [6, 6.07) is 6.08. The molecule has 0 unspecified atom stereocenters. The molecule has 0 radical (unpaired) electrons. The molecular formula is C11H14N4. The number of nitriles is 1. The Balaban J connectivity index is 1.74. The third kappa shape index (κ3) is 2.74. The second-order valence-electron chi connectivity index (χ2n) is 4.15. The van der Waals surface area contributed by atoms with E-state index in [1.54, 1.807) is 6.20 Å². The summed E-state index contributed by atoms with van der Waals surface area (Å²) in [5, 5.41) is 19.8. The Morgan fingerprint density at radius 3 is 3.00 bits per heavy atom. The van der Waals surface area contributed by atoms with Gasteiger partial charge in [0.15, 0.2) is 0 Å². The molecule has 4 heteroatoms. The minimum absolute atomic E-state index is 0.261. The van der Waals surface area contributed by atoms with E-state index in [4.69, 9.17) is 5.26 Å². The topological polar surface area (TPSA) is 61.6 Å². The smallest absolute Gasteiger partial charge is 0.0768 e. The van der Waals surface area contributed by atoms with Crippen LogP contribution in [0, 0.1) is 16.7 Å². The van der Waals surface area contributed by atoms with Crippen molar-refractivity contribution < 1.29 is 0 Å². The van der Waals surface area contributed by atoms with Crippen LogP contribution in [0.15, 0.2) is 18.3 Å². The number of hydrogen-bond donors (Lipinski definition) is 1. The summed E-state index contributed by atoms with van der Waals surface area (Å²) >= 11 is 0. The fourth-order valence-electron chi connectivity index (χ4n) is 1.64. The van der Waals surface area contributed by atoms with Crippen molar-refractivity contribution >= 4 is 0 Å². The molecule has 0 aliphatic heterocycles. The standard InChI is InChI=1S/C11H14N4/c12-6-5-11(3-4-11)9-13-8-10-2-1-7-14-15-10/h1-2,7,13H,3-5,8-9H2. The molecule has 0 spiro atoms. The zero-order valence-corrected chi connectivity index (χ0v) is 8.61. The number of nitrogens with one attached hydrogen (secondary N) is 1. The maximum atomic E-state index is 8.66. The number of nitrogens with zero attached hydrogens (tertiary/aromatic N) is 3. The second-order valence-corrected chi connectivity index (χ2v) is 4.15. The summed E-state index contributed by atoms with van der Waals surface area (Å²) in [5.74, 6) is 0. The molecule has 0 saturated heterocycles. The normalized spacial score (nSPS) is 17.0. The Hall–Kier alpha value is -1.47. The predicted molar refractivity (Wildman–Crippen MR) is 55.6 cm³/mol. The van der Waals surface area contributed by atoms with Crippen molar-refractivity contribution in [2.24, 2.45) is 5.41 Å². The van der Waals surface area contributed by atoms with Crippen molar-refractivity contribution in [3.63, 3.8) is 0 Å². The summed E-state index contributed by atoms with van der Waals surface area (Å²) in [6.07, 6.45) is 4.68. The lowest BCUT2D eigenvalue weighted by molar-refractivity contribution is 0.463. The molecule has 0 bridgehead atoms. The summed E-state index contributed by atoms with van der Waals surface area (Å²) in [4.78, 5) is 0. The Labute approximate surface area is 89.3 Å². The van der Waals surface area contributed by atoms with E-state index in [1.165, 1.54) is 12.8 Å². The van der Waals surface area contributed by atoms with Gasteiger partial charge in [-0.1, -0.05) is 0 Å². The van der Waals surface area contributed by atoms with Gasteiger partial charge in [0.05, 0.1) is 11.8 Å². The molecule has 1 aliphatic carbocycles. The van der Waals surface area contributed by atoms with E-state index in [0.29, 0.717) is 6.42 Å². The van der Waals surface area contributed by atoms with E-state index in [9.17, 15) is 0 Å². The Morgan fingerprint density at radius 1 is 1.53 bits per heavy atom. The fourth-order valence-corrected chi connectivity index (χ4v) is 1.64. The van der Waals surface area contributed by atoms with Crippen LogP contribution in [0.25, 0.3) is 0 Å². The van der Waals surface area contributed by atoms with Crippen molar-refractivity contribution in [1.82, 2.24) is 15.5 Å². The lowest BCUT2D eigenvalue weighted by Gasteiger charge is -2.11. The highest BCUT2D eigenvalue weighted by molar-refractivity contribution is 5.02. The molecule has 1 saturated carbocycles. The summed E-state index contributed by atoms with van der Waals surface area (Å²) in [7, 11) is 0. The Morgan fingerprint density at radius 2 is 2.40 bits per heavy atom. The van der Waals surface area contributed by atoms with Crippen LogP contribution in [0.1, 0.15) is 25.0 Å². The second kappa shape index (κ2) is 4.37. The van der Waals surface area contributed by atoms with Crippen molar-refractivity contribution in [3.8, 4) is 6.07 Å². The lowest BCUT2D eigenvalue weighted by atomic mass is 10.0. The quantitative estimate of drug-likeness (QED) is 0.780. The number of aromatic nitrogens is 2. The van der Waals surface area contributed by atoms with Gasteiger partial charge in [-0.25, -0.2) is 0 Å². The van der Waals surface area contributed by atoms with E-state index in [1.807, 2.05) is 12.1 Å². The fraction of sp³-hybridized carbons (Fsp3) is 0.545. The SMILES string of the molecule is N#CCC1(CNCc2cccnn2)CC1. The number of hydrogen-bond acceptors (Lipinski definition) is 4. The highest BCUT2D eigenvalue weighted by atomic mass is 15.1. The van der Waals surface area contributed by atoms with Gasteiger partial charge < -0.3 is 5.32 Å². The molecule has 1 aromatic heterocycles. The lowest BCUT2D eigenvalue weighted by Crippen LogP contribution is -2.23. The zero-order valence-electron chi connectivity index (χ0n) is 8.61. The van der Waals surface area contributed by atoms with Crippen LogP contribution in [0.3, 0.4) is 0 Å². The van der Waals surface area contributed by atoms with Crippen molar-refractivity contribution in [3.05, 3.63) is 24.0 Å². The van der Waals surface area contributed by atoms with Crippen molar-refractivity contribution in [2.45, 2.75) is 25.8 Å². The predicted octanol–water partition coefficient (Wildman–Crippen LogP) is 1.26. The van der Waals surface area contributed by atoms with E-state index in [-0.39, 0.29) is 5.41 Å². The minimum Gasteiger partial charge on any atom is -0.311 e. The molecular weight excluding hydrogens is 188 g/mol. The summed E-state index contributed by atoms with van der Waals surface area (Å²) in [5.41, 5.74) is 1.21. The van der Waals surface area contributed by atoms with Gasteiger partial charge in [0.1, 0.15) is 0 Å². The molecule has 0 amide bonds. The summed E-state index contributed by atoms with van der Waals surface area (Å²) < 4.78 is 0. The first-order valence-electron chi connectivity index (χ1n) is 5.19. The first-order valence-corrected chi connectivity index (χ1v) is 5.19. The van der Waals surface area contributed by atoms with Crippen LogP contribution >= 0.6 is 0 Å².